The van der Waals surface area contributed by atoms with E-state index in [1.165, 1.54) is 13.2 Å². The number of hydrogen-bond acceptors (Lipinski definition) is 4. The molecule has 1 aliphatic rings. The van der Waals surface area contributed by atoms with Crippen LogP contribution in [-0.2, 0) is 17.3 Å². The fraction of sp³-hybridized carbons (Fsp3) is 0.650. The number of guanidine groups is 1. The van der Waals surface area contributed by atoms with Crippen LogP contribution in [0.15, 0.2) is 23.2 Å². The summed E-state index contributed by atoms with van der Waals surface area (Å²) < 4.78 is 47.4. The molecule has 1 aliphatic carbocycles. The van der Waals surface area contributed by atoms with Crippen molar-refractivity contribution < 1.29 is 22.5 Å². The third-order valence-electron chi connectivity index (χ3n) is 4.87. The first-order valence-corrected chi connectivity index (χ1v) is 11.4. The Hall–Kier alpha value is -1.90. The van der Waals surface area contributed by atoms with E-state index in [0.717, 1.165) is 25.7 Å². The lowest BCUT2D eigenvalue weighted by molar-refractivity contribution is -0.0505. The third kappa shape index (κ3) is 7.45. The predicted octanol–water partition coefficient (Wildman–Crippen LogP) is 3.43. The average molecular weight is 432 g/mol. The van der Waals surface area contributed by atoms with Gasteiger partial charge in [-0.2, -0.15) is 8.78 Å². The van der Waals surface area contributed by atoms with E-state index in [4.69, 9.17) is 4.74 Å². The van der Waals surface area contributed by atoms with E-state index < -0.39 is 17.4 Å². The summed E-state index contributed by atoms with van der Waals surface area (Å²) in [5.74, 6) is 1.78. The number of aliphatic imine (C=N–C) groups is 1. The largest absolute Gasteiger partial charge is 0.497 e. The Kier molecular flexibility index (Phi) is 9.63. The number of rotatable bonds is 9. The molecule has 0 amide bonds. The predicted molar refractivity (Wildman–Crippen MR) is 112 cm³/mol. The van der Waals surface area contributed by atoms with Gasteiger partial charge < -0.3 is 20.1 Å². The SMILES string of the molecule is CCNC(=NCc1ccc(OC)cc1OC(F)F)NC1CCCC(S(=O)CC)C1. The van der Waals surface area contributed by atoms with Crippen molar-refractivity contribution in [2.24, 2.45) is 4.99 Å². The number of ether oxygens (including phenoxy) is 2. The van der Waals surface area contributed by atoms with Gasteiger partial charge in [0.2, 0.25) is 0 Å². The standard InChI is InChI=1S/C20H31F2N3O3S/c1-4-23-20(25-15-7-6-8-17(11-15)29(26)5-2)24-13-14-9-10-16(27-3)12-18(14)28-19(21)22/h9-10,12,15,17,19H,4-8,11,13H2,1-3H3,(H2,23,24,25). The van der Waals surface area contributed by atoms with Gasteiger partial charge in [-0.05, 0) is 38.3 Å². The molecule has 1 saturated carbocycles. The minimum atomic E-state index is -2.92. The van der Waals surface area contributed by atoms with Crippen molar-refractivity contribution >= 4 is 16.8 Å². The van der Waals surface area contributed by atoms with Gasteiger partial charge in [0.25, 0.3) is 0 Å². The first-order chi connectivity index (χ1) is 14.0. The van der Waals surface area contributed by atoms with Gasteiger partial charge in [-0.15, -0.1) is 0 Å². The molecule has 0 aliphatic heterocycles. The van der Waals surface area contributed by atoms with Crippen molar-refractivity contribution in [3.63, 3.8) is 0 Å². The van der Waals surface area contributed by atoms with Gasteiger partial charge in [-0.25, -0.2) is 4.99 Å². The summed E-state index contributed by atoms with van der Waals surface area (Å²) >= 11 is 0. The molecule has 0 radical (unpaired) electrons. The zero-order valence-electron chi connectivity index (χ0n) is 17.2. The molecular weight excluding hydrogens is 400 g/mol. The van der Waals surface area contributed by atoms with Gasteiger partial charge in [-0.3, -0.25) is 4.21 Å². The first kappa shape index (κ1) is 23.4. The van der Waals surface area contributed by atoms with E-state index in [1.807, 2.05) is 13.8 Å². The molecule has 1 aromatic carbocycles. The average Bonchev–Trinajstić information content (AvgIpc) is 2.72. The highest BCUT2D eigenvalue weighted by molar-refractivity contribution is 7.85. The molecule has 0 aromatic heterocycles. The monoisotopic (exact) mass is 431 g/mol. The van der Waals surface area contributed by atoms with Gasteiger partial charge in [0.1, 0.15) is 11.5 Å². The topological polar surface area (TPSA) is 72.0 Å². The fourth-order valence-electron chi connectivity index (χ4n) is 3.43. The van der Waals surface area contributed by atoms with Crippen LogP contribution in [0, 0.1) is 0 Å². The highest BCUT2D eigenvalue weighted by Crippen LogP contribution is 2.27. The fourth-order valence-corrected chi connectivity index (χ4v) is 4.77. The highest BCUT2D eigenvalue weighted by Gasteiger charge is 2.26. The minimum absolute atomic E-state index is 0.0509. The zero-order chi connectivity index (χ0) is 21.2. The smallest absolute Gasteiger partial charge is 0.387 e. The van der Waals surface area contributed by atoms with Crippen LogP contribution in [0.1, 0.15) is 45.1 Å². The summed E-state index contributed by atoms with van der Waals surface area (Å²) in [6.45, 7) is 1.85. The van der Waals surface area contributed by atoms with E-state index in [0.29, 0.717) is 29.6 Å². The molecule has 6 nitrogen and oxygen atoms in total. The Balaban J connectivity index is 2.09. The lowest BCUT2D eigenvalue weighted by Gasteiger charge is -2.30. The van der Waals surface area contributed by atoms with E-state index in [9.17, 15) is 13.0 Å². The van der Waals surface area contributed by atoms with Crippen molar-refractivity contribution in [3.8, 4) is 11.5 Å². The summed E-state index contributed by atoms with van der Waals surface area (Å²) in [6.07, 6.45) is 3.85. The Morgan fingerprint density at radius 1 is 1.34 bits per heavy atom. The molecule has 2 N–H and O–H groups in total. The van der Waals surface area contributed by atoms with E-state index in [2.05, 4.69) is 20.4 Å². The van der Waals surface area contributed by atoms with Crippen LogP contribution in [0.3, 0.4) is 0 Å². The van der Waals surface area contributed by atoms with Crippen molar-refractivity contribution in [1.29, 1.82) is 0 Å². The second-order valence-electron chi connectivity index (χ2n) is 6.85. The summed E-state index contributed by atoms with van der Waals surface area (Å²) in [4.78, 5) is 4.54. The van der Waals surface area contributed by atoms with E-state index in [-0.39, 0.29) is 23.6 Å². The molecular formula is C20H31F2N3O3S. The lowest BCUT2D eigenvalue weighted by Crippen LogP contribution is -2.46. The summed E-state index contributed by atoms with van der Waals surface area (Å²) in [5.41, 5.74) is 0.539. The molecule has 29 heavy (non-hydrogen) atoms. The number of nitrogens with one attached hydrogen (secondary N) is 2. The van der Waals surface area contributed by atoms with E-state index in [1.54, 1.807) is 12.1 Å². The molecule has 3 atom stereocenters. The van der Waals surface area contributed by atoms with Gasteiger partial charge in [0, 0.05) is 46.0 Å². The van der Waals surface area contributed by atoms with Gasteiger partial charge in [0.15, 0.2) is 5.96 Å². The Labute approximate surface area is 173 Å². The van der Waals surface area contributed by atoms with Gasteiger partial charge in [0.05, 0.1) is 13.7 Å². The van der Waals surface area contributed by atoms with Crippen LogP contribution < -0.4 is 20.1 Å². The van der Waals surface area contributed by atoms with Crippen LogP contribution in [0.2, 0.25) is 0 Å². The summed E-state index contributed by atoms with van der Waals surface area (Å²) in [5, 5.41) is 6.81. The molecule has 0 heterocycles. The maximum Gasteiger partial charge on any atom is 0.387 e. The molecule has 0 bridgehead atoms. The maximum absolute atomic E-state index is 12.7. The molecule has 3 unspecified atom stereocenters. The van der Waals surface area contributed by atoms with Crippen LogP contribution in [0.25, 0.3) is 0 Å². The van der Waals surface area contributed by atoms with Crippen molar-refractivity contribution in [2.75, 3.05) is 19.4 Å². The van der Waals surface area contributed by atoms with Crippen LogP contribution in [-0.4, -0.2) is 47.5 Å². The van der Waals surface area contributed by atoms with Crippen LogP contribution in [0.5, 0.6) is 11.5 Å². The molecule has 0 saturated heterocycles. The molecule has 0 spiro atoms. The van der Waals surface area contributed by atoms with Crippen LogP contribution in [0.4, 0.5) is 8.78 Å². The normalized spacial score (nSPS) is 21.0. The second kappa shape index (κ2) is 11.9. The highest BCUT2D eigenvalue weighted by atomic mass is 32.2. The Bertz CT molecular complexity index is 704. The van der Waals surface area contributed by atoms with E-state index >= 15 is 0 Å². The summed E-state index contributed by atoms with van der Waals surface area (Å²) in [6, 6.07) is 4.98. The van der Waals surface area contributed by atoms with Crippen molar-refractivity contribution in [3.05, 3.63) is 23.8 Å². The zero-order valence-corrected chi connectivity index (χ0v) is 18.1. The minimum Gasteiger partial charge on any atom is -0.497 e. The van der Waals surface area contributed by atoms with Gasteiger partial charge >= 0.3 is 6.61 Å². The van der Waals surface area contributed by atoms with Crippen LogP contribution >= 0.6 is 0 Å². The van der Waals surface area contributed by atoms with Crippen molar-refractivity contribution in [2.45, 2.75) is 64.0 Å². The molecule has 164 valence electrons. The summed E-state index contributed by atoms with van der Waals surface area (Å²) in [7, 11) is 0.670. The molecule has 9 heteroatoms. The first-order valence-electron chi connectivity index (χ1n) is 10.0. The molecule has 2 rings (SSSR count). The third-order valence-corrected chi connectivity index (χ3v) is 6.61. The Morgan fingerprint density at radius 2 is 2.14 bits per heavy atom. The number of nitrogens with zero attached hydrogens (tertiary/aromatic N) is 1. The number of benzene rings is 1. The molecule has 1 aromatic rings. The molecule has 1 fully saturated rings. The maximum atomic E-state index is 12.7. The number of halogens is 2. The number of hydrogen-bond donors (Lipinski definition) is 2. The quantitative estimate of drug-likeness (QED) is 0.463. The lowest BCUT2D eigenvalue weighted by atomic mass is 9.95. The number of methoxy groups -OCH3 is 1. The number of alkyl halides is 2. The Morgan fingerprint density at radius 3 is 2.79 bits per heavy atom. The second-order valence-corrected chi connectivity index (χ2v) is 8.85. The van der Waals surface area contributed by atoms with Crippen molar-refractivity contribution in [1.82, 2.24) is 10.6 Å². The van der Waals surface area contributed by atoms with Gasteiger partial charge in [-0.1, -0.05) is 13.3 Å².